The van der Waals surface area contributed by atoms with Gasteiger partial charge in [0.25, 0.3) is 0 Å². The van der Waals surface area contributed by atoms with Gasteiger partial charge < -0.3 is 4.74 Å². The zero-order valence-corrected chi connectivity index (χ0v) is 12.4. The van der Waals surface area contributed by atoms with Gasteiger partial charge in [0.05, 0.1) is 12.5 Å². The summed E-state index contributed by atoms with van der Waals surface area (Å²) in [6, 6.07) is 19.0. The number of nitrogens with zero attached hydrogens (tertiary/aromatic N) is 1. The lowest BCUT2D eigenvalue weighted by molar-refractivity contribution is -0.141. The molecule has 112 valence electrons. The Balaban J connectivity index is 1.56. The van der Waals surface area contributed by atoms with E-state index in [0.29, 0.717) is 12.5 Å². The van der Waals surface area contributed by atoms with Crippen molar-refractivity contribution in [2.75, 3.05) is 19.7 Å². The van der Waals surface area contributed by atoms with Crippen molar-refractivity contribution in [1.29, 1.82) is 0 Å². The summed E-state index contributed by atoms with van der Waals surface area (Å²) < 4.78 is 5.15. The van der Waals surface area contributed by atoms with Crippen molar-refractivity contribution in [1.82, 2.24) is 4.90 Å². The highest BCUT2D eigenvalue weighted by Crippen LogP contribution is 2.32. The molecule has 0 aliphatic carbocycles. The molecule has 2 aromatic rings. The zero-order valence-electron chi connectivity index (χ0n) is 12.4. The van der Waals surface area contributed by atoms with Gasteiger partial charge >= 0.3 is 5.97 Å². The monoisotopic (exact) mass is 293 g/mol. The normalized spacial score (nSPS) is 24.3. The van der Waals surface area contributed by atoms with Crippen molar-refractivity contribution in [3.8, 4) is 11.1 Å². The van der Waals surface area contributed by atoms with Crippen LogP contribution in [0.5, 0.6) is 0 Å². The number of hydrogen-bond acceptors (Lipinski definition) is 3. The maximum atomic E-state index is 11.7. The maximum Gasteiger partial charge on any atom is 0.310 e. The summed E-state index contributed by atoms with van der Waals surface area (Å²) in [4.78, 5) is 14.1. The van der Waals surface area contributed by atoms with Gasteiger partial charge in [-0.1, -0.05) is 54.6 Å². The van der Waals surface area contributed by atoms with Crippen molar-refractivity contribution in [2.45, 2.75) is 6.54 Å². The molecule has 2 heterocycles. The number of esters is 1. The van der Waals surface area contributed by atoms with Gasteiger partial charge in [-0.25, -0.2) is 0 Å². The van der Waals surface area contributed by atoms with Gasteiger partial charge in [0.1, 0.15) is 0 Å². The van der Waals surface area contributed by atoms with Crippen molar-refractivity contribution >= 4 is 5.97 Å². The second kappa shape index (κ2) is 5.58. The Kier molecular flexibility index (Phi) is 3.43. The second-order valence-corrected chi connectivity index (χ2v) is 6.21. The minimum absolute atomic E-state index is 0.0103. The molecule has 2 saturated heterocycles. The fraction of sp³-hybridized carbons (Fsp3) is 0.316. The number of benzene rings is 2. The van der Waals surface area contributed by atoms with Gasteiger partial charge in [-0.3, -0.25) is 9.69 Å². The molecule has 0 amide bonds. The van der Waals surface area contributed by atoms with Crippen LogP contribution in [-0.2, 0) is 16.1 Å². The third-order valence-electron chi connectivity index (χ3n) is 4.76. The summed E-state index contributed by atoms with van der Waals surface area (Å²) >= 11 is 0. The van der Waals surface area contributed by atoms with Crippen LogP contribution in [0.15, 0.2) is 54.6 Å². The van der Waals surface area contributed by atoms with E-state index in [4.69, 9.17) is 4.74 Å². The van der Waals surface area contributed by atoms with Crippen LogP contribution in [0, 0.1) is 11.8 Å². The summed E-state index contributed by atoms with van der Waals surface area (Å²) in [6.07, 6.45) is 0. The number of likely N-dealkylation sites (tertiary alicyclic amines) is 1. The molecule has 0 bridgehead atoms. The predicted octanol–water partition coefficient (Wildman–Crippen LogP) is 2.96. The SMILES string of the molecule is O=C1OC[C@H]2CN(Cc3ccccc3-c3ccccc3)C[C@@H]12. The van der Waals surface area contributed by atoms with Crippen molar-refractivity contribution in [3.05, 3.63) is 60.2 Å². The van der Waals surface area contributed by atoms with Gasteiger partial charge in [-0.05, 0) is 16.7 Å². The Morgan fingerprint density at radius 3 is 2.59 bits per heavy atom. The number of ether oxygens (including phenoxy) is 1. The summed E-state index contributed by atoms with van der Waals surface area (Å²) in [5, 5.41) is 0. The van der Waals surface area contributed by atoms with E-state index in [1.54, 1.807) is 0 Å². The van der Waals surface area contributed by atoms with Crippen LogP contribution in [-0.4, -0.2) is 30.6 Å². The minimum atomic E-state index is -0.0103. The van der Waals surface area contributed by atoms with Crippen LogP contribution in [0.2, 0.25) is 0 Å². The third-order valence-corrected chi connectivity index (χ3v) is 4.76. The van der Waals surface area contributed by atoms with Crippen molar-refractivity contribution in [2.24, 2.45) is 11.8 Å². The fourth-order valence-corrected chi connectivity index (χ4v) is 3.62. The molecular weight excluding hydrogens is 274 g/mol. The first-order valence-corrected chi connectivity index (χ1v) is 7.83. The number of hydrogen-bond donors (Lipinski definition) is 0. The smallest absolute Gasteiger partial charge is 0.310 e. The number of fused-ring (bicyclic) bond motifs is 1. The number of cyclic esters (lactones) is 1. The first-order chi connectivity index (χ1) is 10.8. The van der Waals surface area contributed by atoms with E-state index in [2.05, 4.69) is 53.4 Å². The molecule has 22 heavy (non-hydrogen) atoms. The second-order valence-electron chi connectivity index (χ2n) is 6.21. The van der Waals surface area contributed by atoms with Gasteiger partial charge in [0.15, 0.2) is 0 Å². The minimum Gasteiger partial charge on any atom is -0.465 e. The standard InChI is InChI=1S/C19H19NO2/c21-19-18-12-20(11-16(18)13-22-19)10-15-8-4-5-9-17(15)14-6-2-1-3-7-14/h1-9,16,18H,10-13H2/t16-,18-/m1/s1. The molecule has 0 aromatic heterocycles. The molecule has 2 aliphatic rings. The highest BCUT2D eigenvalue weighted by atomic mass is 16.5. The Morgan fingerprint density at radius 2 is 1.77 bits per heavy atom. The summed E-state index contributed by atoms with van der Waals surface area (Å²) in [5.74, 6) is 0.462. The molecule has 2 aliphatic heterocycles. The Hall–Kier alpha value is -2.13. The van der Waals surface area contributed by atoms with E-state index in [0.717, 1.165) is 19.6 Å². The number of rotatable bonds is 3. The molecule has 0 unspecified atom stereocenters. The van der Waals surface area contributed by atoms with Crippen LogP contribution in [0.3, 0.4) is 0 Å². The molecule has 0 radical (unpaired) electrons. The van der Waals surface area contributed by atoms with Crippen LogP contribution in [0.1, 0.15) is 5.56 Å². The van der Waals surface area contributed by atoms with Gasteiger partial charge in [-0.2, -0.15) is 0 Å². The Morgan fingerprint density at radius 1 is 1.00 bits per heavy atom. The Labute approximate surface area is 130 Å². The quantitative estimate of drug-likeness (QED) is 0.815. The lowest BCUT2D eigenvalue weighted by atomic mass is 9.99. The average Bonchev–Trinajstić information content (AvgIpc) is 3.11. The number of carbonyl (C=O) groups is 1. The summed E-state index contributed by atoms with van der Waals surface area (Å²) in [5.41, 5.74) is 3.85. The van der Waals surface area contributed by atoms with E-state index >= 15 is 0 Å². The molecular formula is C19H19NO2. The summed E-state index contributed by atoms with van der Waals surface area (Å²) in [7, 11) is 0. The van der Waals surface area contributed by atoms with Crippen LogP contribution in [0.4, 0.5) is 0 Å². The van der Waals surface area contributed by atoms with E-state index < -0.39 is 0 Å². The lowest BCUT2D eigenvalue weighted by Gasteiger charge is -2.19. The van der Waals surface area contributed by atoms with Crippen molar-refractivity contribution < 1.29 is 9.53 Å². The molecule has 3 heteroatoms. The van der Waals surface area contributed by atoms with Gasteiger partial charge in [0, 0.05) is 25.6 Å². The average molecular weight is 293 g/mol. The lowest BCUT2D eigenvalue weighted by Crippen LogP contribution is -2.23. The summed E-state index contributed by atoms with van der Waals surface area (Å²) in [6.45, 7) is 3.28. The maximum absolute atomic E-state index is 11.7. The van der Waals surface area contributed by atoms with Crippen LogP contribution < -0.4 is 0 Å². The first-order valence-electron chi connectivity index (χ1n) is 7.83. The first kappa shape index (κ1) is 13.5. The predicted molar refractivity (Wildman–Crippen MR) is 85.1 cm³/mol. The molecule has 0 N–H and O–H groups in total. The van der Waals surface area contributed by atoms with E-state index in [9.17, 15) is 4.79 Å². The number of carbonyl (C=O) groups excluding carboxylic acids is 1. The molecule has 0 saturated carbocycles. The van der Waals surface area contributed by atoms with Crippen molar-refractivity contribution in [3.63, 3.8) is 0 Å². The van der Waals surface area contributed by atoms with Gasteiger partial charge in [0.2, 0.25) is 0 Å². The zero-order chi connectivity index (χ0) is 14.9. The Bertz CT molecular complexity index is 683. The molecule has 4 rings (SSSR count). The van der Waals surface area contributed by atoms with Crippen LogP contribution >= 0.6 is 0 Å². The third kappa shape index (κ3) is 2.42. The van der Waals surface area contributed by atoms with E-state index in [1.165, 1.54) is 16.7 Å². The van der Waals surface area contributed by atoms with E-state index in [1.807, 2.05) is 6.07 Å². The molecule has 2 fully saturated rings. The molecule has 2 aromatic carbocycles. The largest absolute Gasteiger partial charge is 0.465 e. The molecule has 0 spiro atoms. The van der Waals surface area contributed by atoms with E-state index in [-0.39, 0.29) is 11.9 Å². The molecule has 2 atom stereocenters. The highest BCUT2D eigenvalue weighted by Gasteiger charge is 2.43. The molecule has 3 nitrogen and oxygen atoms in total. The fourth-order valence-electron chi connectivity index (χ4n) is 3.62. The highest BCUT2D eigenvalue weighted by molar-refractivity contribution is 5.75. The van der Waals surface area contributed by atoms with Crippen LogP contribution in [0.25, 0.3) is 11.1 Å². The van der Waals surface area contributed by atoms with Gasteiger partial charge in [-0.15, -0.1) is 0 Å². The topological polar surface area (TPSA) is 29.5 Å².